The van der Waals surface area contributed by atoms with E-state index in [1.165, 1.54) is 39.4 Å². The van der Waals surface area contributed by atoms with E-state index >= 15 is 0 Å². The topological polar surface area (TPSA) is 89.2 Å². The number of nitrogens with one attached hydrogen (secondary N) is 4. The molecule has 0 aliphatic rings. The summed E-state index contributed by atoms with van der Waals surface area (Å²) in [5.74, 6) is -0.538. The van der Waals surface area contributed by atoms with Gasteiger partial charge in [-0.1, -0.05) is 36.4 Å². The molecular weight excluding hydrogens is 400 g/mol. The predicted molar refractivity (Wildman–Crippen MR) is 132 cm³/mol. The molecule has 3 aromatic rings. The normalized spacial score (nSPS) is 11.3. The van der Waals surface area contributed by atoms with Crippen LogP contribution < -0.4 is 16.1 Å². The second kappa shape index (κ2) is 13.1. The first-order valence-electron chi connectivity index (χ1n) is 10.8. The van der Waals surface area contributed by atoms with Gasteiger partial charge in [0.15, 0.2) is 0 Å². The summed E-state index contributed by atoms with van der Waals surface area (Å²) in [6.45, 7) is 7.86. The molecule has 0 spiro atoms. The van der Waals surface area contributed by atoms with Gasteiger partial charge in [-0.2, -0.15) is 0 Å². The number of hydrogen-bond donors (Lipinski definition) is 5. The van der Waals surface area contributed by atoms with Crippen molar-refractivity contribution < 1.29 is 10.0 Å². The third kappa shape index (κ3) is 8.06. The molecule has 0 radical (unpaired) electrons. The number of benzene rings is 2. The van der Waals surface area contributed by atoms with E-state index in [2.05, 4.69) is 40.7 Å². The van der Waals surface area contributed by atoms with Crippen LogP contribution in [0.25, 0.3) is 17.0 Å². The molecule has 6 heteroatoms. The first-order valence-corrected chi connectivity index (χ1v) is 10.8. The fourth-order valence-corrected chi connectivity index (χ4v) is 3.03. The lowest BCUT2D eigenvalue weighted by molar-refractivity contribution is -0.124. The number of hydroxylamine groups is 1. The molecule has 0 saturated carbocycles. The number of allylic oxidation sites excluding steroid dienone is 2. The maximum atomic E-state index is 11.0. The molecule has 5 N–H and O–H groups in total. The number of aromatic nitrogens is 1. The van der Waals surface area contributed by atoms with Gasteiger partial charge >= 0.3 is 0 Å². The van der Waals surface area contributed by atoms with Crippen LogP contribution in [0, 0.1) is 6.92 Å². The Labute approximate surface area is 190 Å². The molecular formula is C26H34N4O2. The third-order valence-electron chi connectivity index (χ3n) is 5.22. The minimum atomic E-state index is -0.538. The Hall–Kier alpha value is -3.35. The summed E-state index contributed by atoms with van der Waals surface area (Å²) >= 11 is 0. The lowest BCUT2D eigenvalue weighted by Gasteiger charge is -2.06. The van der Waals surface area contributed by atoms with Gasteiger partial charge in [0.1, 0.15) is 0 Å². The van der Waals surface area contributed by atoms with Crippen LogP contribution in [0.2, 0.25) is 0 Å². The van der Waals surface area contributed by atoms with Crippen LogP contribution in [0.4, 0.5) is 0 Å². The molecule has 0 atom stereocenters. The number of H-pyrrole nitrogens is 1. The van der Waals surface area contributed by atoms with E-state index < -0.39 is 5.91 Å². The van der Waals surface area contributed by atoms with Crippen molar-refractivity contribution >= 4 is 22.9 Å². The Morgan fingerprint density at radius 2 is 1.84 bits per heavy atom. The van der Waals surface area contributed by atoms with Gasteiger partial charge < -0.3 is 15.6 Å². The van der Waals surface area contributed by atoms with Crippen LogP contribution in [0.15, 0.2) is 66.5 Å². The number of amides is 1. The van der Waals surface area contributed by atoms with Crippen LogP contribution in [-0.4, -0.2) is 29.7 Å². The number of carbonyl (C=O) groups excluding carboxylic acids is 1. The highest BCUT2D eigenvalue weighted by atomic mass is 16.5. The Kier molecular flexibility index (Phi) is 10.2. The van der Waals surface area contributed by atoms with Crippen LogP contribution in [-0.2, 0) is 17.8 Å². The van der Waals surface area contributed by atoms with Crippen molar-refractivity contribution in [3.63, 3.8) is 0 Å². The van der Waals surface area contributed by atoms with E-state index in [9.17, 15) is 4.79 Å². The molecule has 6 nitrogen and oxygen atoms in total. The van der Waals surface area contributed by atoms with Crippen molar-refractivity contribution in [3.8, 4) is 0 Å². The minimum Gasteiger partial charge on any atom is -0.392 e. The van der Waals surface area contributed by atoms with Crippen molar-refractivity contribution in [2.45, 2.75) is 33.7 Å². The number of fused-ring (bicyclic) bond motifs is 1. The predicted octanol–water partition coefficient (Wildman–Crippen LogP) is 4.46. The summed E-state index contributed by atoms with van der Waals surface area (Å²) in [7, 11) is 1.91. The molecule has 2 aromatic carbocycles. The highest BCUT2D eigenvalue weighted by Gasteiger charge is 2.01. The Morgan fingerprint density at radius 1 is 1.12 bits per heavy atom. The molecule has 0 fully saturated rings. The van der Waals surface area contributed by atoms with Crippen molar-refractivity contribution in [1.29, 1.82) is 0 Å². The molecule has 0 saturated heterocycles. The average Bonchev–Trinajstić information content (AvgIpc) is 3.20. The zero-order valence-corrected chi connectivity index (χ0v) is 19.3. The van der Waals surface area contributed by atoms with Gasteiger partial charge in [-0.05, 0) is 74.2 Å². The Morgan fingerprint density at radius 3 is 2.47 bits per heavy atom. The van der Waals surface area contributed by atoms with Gasteiger partial charge in [-0.15, -0.1) is 0 Å². The van der Waals surface area contributed by atoms with Crippen molar-refractivity contribution in [2.24, 2.45) is 0 Å². The summed E-state index contributed by atoms with van der Waals surface area (Å²) in [6.07, 6.45) is 8.00. The lowest BCUT2D eigenvalue weighted by atomic mass is 10.1. The zero-order chi connectivity index (χ0) is 23.3. The summed E-state index contributed by atoms with van der Waals surface area (Å²) in [4.78, 5) is 14.2. The van der Waals surface area contributed by atoms with Gasteiger partial charge in [0, 0.05) is 42.5 Å². The highest BCUT2D eigenvalue weighted by molar-refractivity contribution is 5.90. The SMILES string of the molecule is C/C=C(/C)NC.Cc1c[nH]c2ccc(CCNCc3ccc(/C=C/C(=O)NO)cc3)cc12. The van der Waals surface area contributed by atoms with E-state index in [1.807, 2.05) is 57.4 Å². The quantitative estimate of drug-likeness (QED) is 0.157. The fourth-order valence-electron chi connectivity index (χ4n) is 3.03. The first kappa shape index (κ1) is 24.9. The van der Waals surface area contributed by atoms with E-state index in [4.69, 9.17) is 5.21 Å². The number of hydrogen-bond acceptors (Lipinski definition) is 4. The van der Waals surface area contributed by atoms with Crippen LogP contribution >= 0.6 is 0 Å². The summed E-state index contributed by atoms with van der Waals surface area (Å²) < 4.78 is 0. The summed E-state index contributed by atoms with van der Waals surface area (Å²) in [5.41, 5.74) is 8.67. The van der Waals surface area contributed by atoms with E-state index in [0.717, 1.165) is 25.1 Å². The fraction of sp³-hybridized carbons (Fsp3) is 0.269. The van der Waals surface area contributed by atoms with Gasteiger partial charge in [0.05, 0.1) is 0 Å². The molecule has 1 aromatic heterocycles. The summed E-state index contributed by atoms with van der Waals surface area (Å²) in [6, 6.07) is 14.5. The average molecular weight is 435 g/mol. The van der Waals surface area contributed by atoms with Crippen molar-refractivity contribution in [3.05, 3.63) is 88.8 Å². The smallest absolute Gasteiger partial charge is 0.267 e. The van der Waals surface area contributed by atoms with E-state index in [0.29, 0.717) is 0 Å². The summed E-state index contributed by atoms with van der Waals surface area (Å²) in [5, 5.41) is 16.2. The van der Waals surface area contributed by atoms with Crippen molar-refractivity contribution in [2.75, 3.05) is 13.6 Å². The molecule has 3 rings (SSSR count). The lowest BCUT2D eigenvalue weighted by Crippen LogP contribution is -2.16. The molecule has 0 aliphatic heterocycles. The van der Waals surface area contributed by atoms with Gasteiger partial charge in [0.2, 0.25) is 0 Å². The molecule has 32 heavy (non-hydrogen) atoms. The second-order valence-electron chi connectivity index (χ2n) is 7.55. The van der Waals surface area contributed by atoms with Crippen LogP contribution in [0.5, 0.6) is 0 Å². The highest BCUT2D eigenvalue weighted by Crippen LogP contribution is 2.19. The van der Waals surface area contributed by atoms with E-state index in [1.54, 1.807) is 11.6 Å². The zero-order valence-electron chi connectivity index (χ0n) is 19.3. The number of rotatable bonds is 8. The molecule has 1 heterocycles. The minimum absolute atomic E-state index is 0.538. The van der Waals surface area contributed by atoms with E-state index in [-0.39, 0.29) is 0 Å². The van der Waals surface area contributed by atoms with Gasteiger partial charge in [-0.25, -0.2) is 5.48 Å². The van der Waals surface area contributed by atoms with Gasteiger partial charge in [-0.3, -0.25) is 10.0 Å². The van der Waals surface area contributed by atoms with Gasteiger partial charge in [0.25, 0.3) is 5.91 Å². The largest absolute Gasteiger partial charge is 0.392 e. The maximum Gasteiger partial charge on any atom is 0.267 e. The molecule has 0 unspecified atom stereocenters. The van der Waals surface area contributed by atoms with Crippen LogP contribution in [0.1, 0.15) is 36.1 Å². The number of carbonyl (C=O) groups is 1. The second-order valence-corrected chi connectivity index (χ2v) is 7.55. The molecule has 1 amide bonds. The third-order valence-corrected chi connectivity index (χ3v) is 5.22. The Balaban J connectivity index is 0.000000534. The molecule has 0 bridgehead atoms. The number of aromatic amines is 1. The number of aryl methyl sites for hydroxylation is 1. The maximum absolute atomic E-state index is 11.0. The monoisotopic (exact) mass is 434 g/mol. The molecule has 170 valence electrons. The first-order chi connectivity index (χ1) is 15.5. The standard InChI is InChI=1S/C21H23N3O2.C5H11N/c1-15-13-23-20-8-6-17(12-19(15)20)10-11-22-14-18-4-2-16(3-5-18)7-9-21(25)24-26;1-4-5(2)6-3/h2-9,12-13,22-23,26H,10-11,14H2,1H3,(H,24,25);4,6H,1-3H3/b9-7+;5-4-. The van der Waals surface area contributed by atoms with Crippen LogP contribution in [0.3, 0.4) is 0 Å². The Bertz CT molecular complexity index is 1050. The molecule has 0 aliphatic carbocycles. The van der Waals surface area contributed by atoms with Crippen molar-refractivity contribution in [1.82, 2.24) is 21.1 Å².